The summed E-state index contributed by atoms with van der Waals surface area (Å²) in [5.74, 6) is 0. The van der Waals surface area contributed by atoms with Gasteiger partial charge in [0.15, 0.2) is 0 Å². The third kappa shape index (κ3) is 1.92. The molecule has 72 valence electrons. The number of rotatable bonds is 2. The van der Waals surface area contributed by atoms with Crippen molar-refractivity contribution in [1.82, 2.24) is 4.98 Å². The number of nitrogen functional groups attached to an aromatic ring is 1. The molecule has 1 aromatic rings. The van der Waals surface area contributed by atoms with Gasteiger partial charge in [-0.05, 0) is 13.0 Å². The van der Waals surface area contributed by atoms with Crippen molar-refractivity contribution >= 4 is 5.69 Å². The zero-order chi connectivity index (χ0) is 10.0. The number of nitrogens with zero attached hydrogens (tertiary/aromatic N) is 1. The van der Waals surface area contributed by atoms with Crippen LogP contribution in [-0.2, 0) is 6.54 Å². The van der Waals surface area contributed by atoms with Crippen molar-refractivity contribution in [2.24, 2.45) is 5.73 Å². The first-order valence-electron chi connectivity index (χ1n) is 3.80. The molecule has 0 bridgehead atoms. The van der Waals surface area contributed by atoms with E-state index in [1.165, 1.54) is 13.0 Å². The Hall–Kier alpha value is -1.23. The lowest BCUT2D eigenvalue weighted by Gasteiger charge is -2.08. The predicted molar refractivity (Wildman–Crippen MR) is 46.2 cm³/mol. The van der Waals surface area contributed by atoms with E-state index < -0.39 is 6.43 Å². The summed E-state index contributed by atoms with van der Waals surface area (Å²) in [6, 6.07) is 1.23. The number of alkyl halides is 2. The van der Waals surface area contributed by atoms with E-state index in [2.05, 4.69) is 4.98 Å². The van der Waals surface area contributed by atoms with Gasteiger partial charge in [0.25, 0.3) is 6.43 Å². The van der Waals surface area contributed by atoms with Crippen molar-refractivity contribution in [3.8, 4) is 0 Å². The van der Waals surface area contributed by atoms with Gasteiger partial charge in [0.2, 0.25) is 0 Å². The fourth-order valence-electron chi connectivity index (χ4n) is 1.07. The molecule has 0 saturated heterocycles. The normalized spacial score (nSPS) is 10.8. The molecule has 13 heavy (non-hydrogen) atoms. The Kier molecular flexibility index (Phi) is 2.77. The Morgan fingerprint density at radius 2 is 2.15 bits per heavy atom. The summed E-state index contributed by atoms with van der Waals surface area (Å²) in [6.45, 7) is 1.68. The largest absolute Gasteiger partial charge is 0.397 e. The summed E-state index contributed by atoms with van der Waals surface area (Å²) in [5.41, 5.74) is 11.6. The number of hydrogen-bond donors (Lipinski definition) is 2. The third-order valence-electron chi connectivity index (χ3n) is 1.79. The van der Waals surface area contributed by atoms with Crippen LogP contribution in [0.1, 0.15) is 23.4 Å². The van der Waals surface area contributed by atoms with Gasteiger partial charge in [-0.3, -0.25) is 4.98 Å². The van der Waals surface area contributed by atoms with E-state index in [9.17, 15) is 8.78 Å². The van der Waals surface area contributed by atoms with Crippen molar-refractivity contribution in [2.75, 3.05) is 5.73 Å². The van der Waals surface area contributed by atoms with Gasteiger partial charge in [-0.15, -0.1) is 0 Å². The number of hydrogen-bond acceptors (Lipinski definition) is 3. The first-order chi connectivity index (χ1) is 6.06. The average Bonchev–Trinajstić information content (AvgIpc) is 2.07. The van der Waals surface area contributed by atoms with Crippen molar-refractivity contribution in [1.29, 1.82) is 0 Å². The van der Waals surface area contributed by atoms with Crippen LogP contribution in [0.15, 0.2) is 6.07 Å². The van der Waals surface area contributed by atoms with Crippen LogP contribution in [0.4, 0.5) is 14.5 Å². The summed E-state index contributed by atoms with van der Waals surface area (Å²) >= 11 is 0. The molecular weight excluding hydrogens is 176 g/mol. The molecule has 1 heterocycles. The van der Waals surface area contributed by atoms with Crippen LogP contribution in [0.3, 0.4) is 0 Å². The molecule has 0 radical (unpaired) electrons. The highest BCUT2D eigenvalue weighted by molar-refractivity contribution is 5.47. The zero-order valence-electron chi connectivity index (χ0n) is 7.22. The monoisotopic (exact) mass is 187 g/mol. The van der Waals surface area contributed by atoms with E-state index in [4.69, 9.17) is 11.5 Å². The topological polar surface area (TPSA) is 64.9 Å². The third-order valence-corrected chi connectivity index (χ3v) is 1.79. The number of halogens is 2. The lowest BCUT2D eigenvalue weighted by atomic mass is 10.1. The molecule has 0 saturated carbocycles. The van der Waals surface area contributed by atoms with Gasteiger partial charge in [0.1, 0.15) is 0 Å². The van der Waals surface area contributed by atoms with E-state index >= 15 is 0 Å². The Morgan fingerprint density at radius 3 is 2.62 bits per heavy atom. The Bertz CT molecular complexity index is 313. The number of aromatic nitrogens is 1. The van der Waals surface area contributed by atoms with Crippen LogP contribution in [0.25, 0.3) is 0 Å². The summed E-state index contributed by atoms with van der Waals surface area (Å²) in [4.78, 5) is 3.88. The summed E-state index contributed by atoms with van der Waals surface area (Å²) in [6.07, 6.45) is -2.54. The maximum absolute atomic E-state index is 12.3. The Morgan fingerprint density at radius 1 is 1.54 bits per heavy atom. The smallest absolute Gasteiger partial charge is 0.265 e. The van der Waals surface area contributed by atoms with Gasteiger partial charge in [0, 0.05) is 17.8 Å². The first kappa shape index (κ1) is 9.85. The van der Waals surface area contributed by atoms with Crippen LogP contribution in [0.5, 0.6) is 0 Å². The quantitative estimate of drug-likeness (QED) is 0.734. The molecular formula is C8H11F2N3. The standard InChI is InChI=1S/C8H11F2N3/c1-4-5(8(9)10)2-6(12)7(3-11)13-4/h2,8H,3,11-12H2,1H3. The second kappa shape index (κ2) is 3.66. The van der Waals surface area contributed by atoms with Crippen molar-refractivity contribution in [3.63, 3.8) is 0 Å². The summed E-state index contributed by atoms with van der Waals surface area (Å²) in [5, 5.41) is 0. The highest BCUT2D eigenvalue weighted by Gasteiger charge is 2.13. The molecule has 0 aliphatic rings. The number of nitrogens with two attached hydrogens (primary N) is 2. The van der Waals surface area contributed by atoms with Crippen LogP contribution in [0.2, 0.25) is 0 Å². The van der Waals surface area contributed by atoms with Crippen LogP contribution in [-0.4, -0.2) is 4.98 Å². The number of pyridine rings is 1. The molecule has 5 heteroatoms. The second-order valence-electron chi connectivity index (χ2n) is 2.70. The molecule has 4 N–H and O–H groups in total. The van der Waals surface area contributed by atoms with Gasteiger partial charge in [-0.2, -0.15) is 0 Å². The van der Waals surface area contributed by atoms with Crippen LogP contribution >= 0.6 is 0 Å². The summed E-state index contributed by atoms with van der Waals surface area (Å²) < 4.78 is 24.6. The van der Waals surface area contributed by atoms with Gasteiger partial charge in [-0.1, -0.05) is 0 Å². The van der Waals surface area contributed by atoms with E-state index in [1.54, 1.807) is 0 Å². The second-order valence-corrected chi connectivity index (χ2v) is 2.70. The first-order valence-corrected chi connectivity index (χ1v) is 3.80. The van der Waals surface area contributed by atoms with Gasteiger partial charge in [0.05, 0.1) is 11.4 Å². The van der Waals surface area contributed by atoms with Gasteiger partial charge < -0.3 is 11.5 Å². The van der Waals surface area contributed by atoms with Crippen molar-refractivity contribution in [2.45, 2.75) is 19.9 Å². The molecule has 0 aromatic carbocycles. The molecule has 0 unspecified atom stereocenters. The Labute approximate surface area is 74.8 Å². The van der Waals surface area contributed by atoms with E-state index in [0.717, 1.165) is 0 Å². The van der Waals surface area contributed by atoms with E-state index in [-0.39, 0.29) is 23.5 Å². The zero-order valence-corrected chi connectivity index (χ0v) is 7.22. The molecule has 0 amide bonds. The minimum absolute atomic E-state index is 0.130. The molecule has 3 nitrogen and oxygen atoms in total. The molecule has 1 aromatic heterocycles. The fraction of sp³-hybridized carbons (Fsp3) is 0.375. The lowest BCUT2D eigenvalue weighted by Crippen LogP contribution is -2.07. The van der Waals surface area contributed by atoms with E-state index in [0.29, 0.717) is 5.69 Å². The highest BCUT2D eigenvalue weighted by Crippen LogP contribution is 2.24. The van der Waals surface area contributed by atoms with Crippen LogP contribution in [0, 0.1) is 6.92 Å². The molecule has 0 aliphatic carbocycles. The van der Waals surface area contributed by atoms with Gasteiger partial charge in [-0.25, -0.2) is 8.78 Å². The van der Waals surface area contributed by atoms with E-state index in [1.807, 2.05) is 0 Å². The molecule has 0 aliphatic heterocycles. The molecule has 0 spiro atoms. The summed E-state index contributed by atoms with van der Waals surface area (Å²) in [7, 11) is 0. The lowest BCUT2D eigenvalue weighted by molar-refractivity contribution is 0.150. The number of anilines is 1. The highest BCUT2D eigenvalue weighted by atomic mass is 19.3. The van der Waals surface area contributed by atoms with Crippen molar-refractivity contribution in [3.05, 3.63) is 23.0 Å². The van der Waals surface area contributed by atoms with Gasteiger partial charge >= 0.3 is 0 Å². The molecule has 0 atom stereocenters. The minimum Gasteiger partial charge on any atom is -0.397 e. The van der Waals surface area contributed by atoms with Crippen molar-refractivity contribution < 1.29 is 8.78 Å². The predicted octanol–water partition coefficient (Wildman–Crippen LogP) is 1.37. The Balaban J connectivity index is 3.20. The average molecular weight is 187 g/mol. The maximum atomic E-state index is 12.3. The minimum atomic E-state index is -2.54. The van der Waals surface area contributed by atoms with Crippen LogP contribution < -0.4 is 11.5 Å². The number of aryl methyl sites for hydroxylation is 1. The maximum Gasteiger partial charge on any atom is 0.265 e. The molecule has 0 fully saturated rings. The molecule has 1 rings (SSSR count). The fourth-order valence-corrected chi connectivity index (χ4v) is 1.07. The SMILES string of the molecule is Cc1nc(CN)c(N)cc1C(F)F.